The molecule has 6 heteroatoms. The van der Waals surface area contributed by atoms with Crippen molar-refractivity contribution in [3.05, 3.63) is 11.9 Å². The van der Waals surface area contributed by atoms with Crippen LogP contribution in [-0.2, 0) is 4.74 Å². The fourth-order valence-corrected chi connectivity index (χ4v) is 2.38. The van der Waals surface area contributed by atoms with Crippen LogP contribution < -0.4 is 0 Å². The number of carbonyl (C=O) groups is 1. The van der Waals surface area contributed by atoms with Gasteiger partial charge in [0, 0.05) is 19.3 Å². The zero-order chi connectivity index (χ0) is 15.4. The zero-order valence-electron chi connectivity index (χ0n) is 13.5. The molecule has 0 spiro atoms. The number of hydrogen-bond donors (Lipinski definition) is 0. The van der Waals surface area contributed by atoms with Crippen molar-refractivity contribution < 1.29 is 9.53 Å². The summed E-state index contributed by atoms with van der Waals surface area (Å²) in [6.45, 7) is 10.2. The van der Waals surface area contributed by atoms with E-state index in [1.807, 2.05) is 24.7 Å². The standard InChI is InChI=1S/C15H26N4O2/c1-11(2)10-21-15(20)18-7-5-13(6-8-18)19-9-14(12(3)4)16-17-19/h9,11-13H,5-8,10H2,1-4H3. The van der Waals surface area contributed by atoms with Gasteiger partial charge in [0.15, 0.2) is 0 Å². The van der Waals surface area contributed by atoms with E-state index in [-0.39, 0.29) is 6.09 Å². The SMILES string of the molecule is CC(C)COC(=O)N1CCC(n2cc(C(C)C)nn2)CC1. The third-order valence-electron chi connectivity index (χ3n) is 3.76. The number of rotatable bonds is 4. The molecule has 1 aromatic heterocycles. The van der Waals surface area contributed by atoms with Crippen LogP contribution in [0.2, 0.25) is 0 Å². The Kier molecular flexibility index (Phi) is 5.20. The smallest absolute Gasteiger partial charge is 0.409 e. The molecule has 1 saturated heterocycles. The Labute approximate surface area is 126 Å². The highest BCUT2D eigenvalue weighted by molar-refractivity contribution is 5.67. The molecule has 1 aliphatic rings. The quantitative estimate of drug-likeness (QED) is 0.856. The van der Waals surface area contributed by atoms with Crippen LogP contribution in [0.15, 0.2) is 6.20 Å². The Morgan fingerprint density at radius 1 is 1.33 bits per heavy atom. The first-order chi connectivity index (χ1) is 9.97. The zero-order valence-corrected chi connectivity index (χ0v) is 13.5. The van der Waals surface area contributed by atoms with Crippen LogP contribution in [0.3, 0.4) is 0 Å². The van der Waals surface area contributed by atoms with Crippen molar-refractivity contribution in [1.29, 1.82) is 0 Å². The van der Waals surface area contributed by atoms with Crippen LogP contribution in [0.5, 0.6) is 0 Å². The molecule has 0 unspecified atom stereocenters. The maximum absolute atomic E-state index is 11.9. The number of likely N-dealkylation sites (tertiary alicyclic amines) is 1. The summed E-state index contributed by atoms with van der Waals surface area (Å²) in [5, 5.41) is 8.42. The van der Waals surface area contributed by atoms with Gasteiger partial charge in [0.1, 0.15) is 0 Å². The molecule has 118 valence electrons. The molecule has 1 aromatic rings. The highest BCUT2D eigenvalue weighted by Crippen LogP contribution is 2.23. The molecule has 6 nitrogen and oxygen atoms in total. The van der Waals surface area contributed by atoms with Gasteiger partial charge < -0.3 is 9.64 Å². The number of carbonyl (C=O) groups excluding carboxylic acids is 1. The molecule has 0 N–H and O–H groups in total. The van der Waals surface area contributed by atoms with Crippen molar-refractivity contribution in [1.82, 2.24) is 19.9 Å². The van der Waals surface area contributed by atoms with E-state index in [4.69, 9.17) is 4.74 Å². The molecular weight excluding hydrogens is 268 g/mol. The topological polar surface area (TPSA) is 60.2 Å². The molecule has 0 aliphatic carbocycles. The van der Waals surface area contributed by atoms with E-state index >= 15 is 0 Å². The van der Waals surface area contributed by atoms with E-state index in [1.54, 1.807) is 4.90 Å². The number of aromatic nitrogens is 3. The van der Waals surface area contributed by atoms with Gasteiger partial charge in [-0.1, -0.05) is 32.9 Å². The van der Waals surface area contributed by atoms with Crippen LogP contribution >= 0.6 is 0 Å². The summed E-state index contributed by atoms with van der Waals surface area (Å²) in [4.78, 5) is 13.7. The maximum atomic E-state index is 11.9. The van der Waals surface area contributed by atoms with E-state index in [9.17, 15) is 4.79 Å². The molecule has 21 heavy (non-hydrogen) atoms. The highest BCUT2D eigenvalue weighted by Gasteiger charge is 2.25. The van der Waals surface area contributed by atoms with Crippen LogP contribution in [-0.4, -0.2) is 45.7 Å². The highest BCUT2D eigenvalue weighted by atomic mass is 16.6. The maximum Gasteiger partial charge on any atom is 0.409 e. The molecule has 2 rings (SSSR count). The molecule has 0 aromatic carbocycles. The van der Waals surface area contributed by atoms with Crippen LogP contribution in [0.4, 0.5) is 4.79 Å². The number of hydrogen-bond acceptors (Lipinski definition) is 4. The molecule has 0 radical (unpaired) electrons. The van der Waals surface area contributed by atoms with Gasteiger partial charge in [-0.3, -0.25) is 0 Å². The molecule has 0 bridgehead atoms. The van der Waals surface area contributed by atoms with Crippen LogP contribution in [0.25, 0.3) is 0 Å². The van der Waals surface area contributed by atoms with Crippen molar-refractivity contribution in [2.45, 2.75) is 52.5 Å². The Morgan fingerprint density at radius 2 is 2.00 bits per heavy atom. The van der Waals surface area contributed by atoms with E-state index in [2.05, 4.69) is 24.2 Å². The van der Waals surface area contributed by atoms with Crippen molar-refractivity contribution >= 4 is 6.09 Å². The van der Waals surface area contributed by atoms with Crippen molar-refractivity contribution in [2.75, 3.05) is 19.7 Å². The number of piperidine rings is 1. The first kappa shape index (κ1) is 15.8. The van der Waals surface area contributed by atoms with Crippen LogP contribution in [0, 0.1) is 5.92 Å². The minimum atomic E-state index is -0.191. The summed E-state index contributed by atoms with van der Waals surface area (Å²) < 4.78 is 7.22. The summed E-state index contributed by atoms with van der Waals surface area (Å²) in [5.74, 6) is 0.765. The Morgan fingerprint density at radius 3 is 2.52 bits per heavy atom. The van der Waals surface area contributed by atoms with E-state index in [1.165, 1.54) is 0 Å². The second kappa shape index (κ2) is 6.91. The normalized spacial score (nSPS) is 16.8. The number of nitrogens with zero attached hydrogens (tertiary/aromatic N) is 4. The molecule has 0 saturated carbocycles. The lowest BCUT2D eigenvalue weighted by Crippen LogP contribution is -2.39. The first-order valence-corrected chi connectivity index (χ1v) is 7.80. The summed E-state index contributed by atoms with van der Waals surface area (Å²) in [6.07, 6.45) is 3.64. The van der Waals surface area contributed by atoms with Gasteiger partial charge in [-0.25, -0.2) is 9.48 Å². The molecule has 1 amide bonds. The second-order valence-corrected chi connectivity index (χ2v) is 6.47. The van der Waals surface area contributed by atoms with E-state index < -0.39 is 0 Å². The van der Waals surface area contributed by atoms with Gasteiger partial charge in [-0.15, -0.1) is 5.10 Å². The van der Waals surface area contributed by atoms with Gasteiger partial charge in [0.25, 0.3) is 0 Å². The first-order valence-electron chi connectivity index (χ1n) is 7.80. The third-order valence-corrected chi connectivity index (χ3v) is 3.76. The molecule has 1 aliphatic heterocycles. The predicted molar refractivity (Wildman–Crippen MR) is 80.1 cm³/mol. The minimum Gasteiger partial charge on any atom is -0.449 e. The summed E-state index contributed by atoms with van der Waals surface area (Å²) in [7, 11) is 0. The Bertz CT molecular complexity index is 462. The number of ether oxygens (including phenoxy) is 1. The largest absolute Gasteiger partial charge is 0.449 e. The van der Waals surface area contributed by atoms with E-state index in [0.29, 0.717) is 24.5 Å². The third kappa shape index (κ3) is 4.19. The average Bonchev–Trinajstić information content (AvgIpc) is 2.95. The van der Waals surface area contributed by atoms with Gasteiger partial charge >= 0.3 is 6.09 Å². The van der Waals surface area contributed by atoms with Gasteiger partial charge in [0.2, 0.25) is 0 Å². The van der Waals surface area contributed by atoms with Gasteiger partial charge in [0.05, 0.1) is 18.3 Å². The van der Waals surface area contributed by atoms with Crippen molar-refractivity contribution in [3.63, 3.8) is 0 Å². The monoisotopic (exact) mass is 294 g/mol. The number of amides is 1. The Hall–Kier alpha value is -1.59. The average molecular weight is 294 g/mol. The summed E-state index contributed by atoms with van der Waals surface area (Å²) >= 11 is 0. The Balaban J connectivity index is 1.83. The lowest BCUT2D eigenvalue weighted by Gasteiger charge is -2.31. The fourth-order valence-electron chi connectivity index (χ4n) is 2.38. The van der Waals surface area contributed by atoms with Gasteiger partial charge in [-0.2, -0.15) is 0 Å². The lowest BCUT2D eigenvalue weighted by molar-refractivity contribution is 0.0787. The van der Waals surface area contributed by atoms with Gasteiger partial charge in [-0.05, 0) is 24.7 Å². The van der Waals surface area contributed by atoms with Crippen molar-refractivity contribution in [3.8, 4) is 0 Å². The summed E-state index contributed by atoms with van der Waals surface area (Å²) in [6, 6.07) is 0.333. The van der Waals surface area contributed by atoms with Crippen LogP contribution in [0.1, 0.15) is 58.2 Å². The predicted octanol–water partition coefficient (Wildman–Crippen LogP) is 2.83. The molecule has 1 fully saturated rings. The second-order valence-electron chi connectivity index (χ2n) is 6.47. The minimum absolute atomic E-state index is 0.191. The van der Waals surface area contributed by atoms with E-state index in [0.717, 1.165) is 31.6 Å². The fraction of sp³-hybridized carbons (Fsp3) is 0.800. The van der Waals surface area contributed by atoms with Crippen molar-refractivity contribution in [2.24, 2.45) is 5.92 Å². The summed E-state index contributed by atoms with van der Waals surface area (Å²) in [5.41, 5.74) is 1.02. The lowest BCUT2D eigenvalue weighted by atomic mass is 10.1. The molecule has 2 heterocycles. The molecule has 0 atom stereocenters. The molecular formula is C15H26N4O2.